The van der Waals surface area contributed by atoms with Crippen molar-refractivity contribution in [3.63, 3.8) is 0 Å². The van der Waals surface area contributed by atoms with Crippen LogP contribution in [-0.2, 0) is 6.54 Å². The van der Waals surface area contributed by atoms with E-state index in [4.69, 9.17) is 5.73 Å². The molecule has 19 heavy (non-hydrogen) atoms. The van der Waals surface area contributed by atoms with Crippen molar-refractivity contribution >= 4 is 21.6 Å². The molecule has 0 amide bonds. The maximum atomic E-state index is 12.2. The number of nitrogens with zero attached hydrogens (tertiary/aromatic N) is 3. The summed E-state index contributed by atoms with van der Waals surface area (Å²) >= 11 is 3.42. The molecule has 2 unspecified atom stereocenters. The maximum absolute atomic E-state index is 12.2. The van der Waals surface area contributed by atoms with Crippen molar-refractivity contribution in [3.05, 3.63) is 21.0 Å². The minimum Gasteiger partial charge on any atom is -0.369 e. The Morgan fingerprint density at radius 1 is 1.63 bits per heavy atom. The van der Waals surface area contributed by atoms with Crippen molar-refractivity contribution in [1.82, 2.24) is 9.78 Å². The van der Waals surface area contributed by atoms with E-state index >= 15 is 0 Å². The quantitative estimate of drug-likeness (QED) is 0.911. The molecule has 2 heterocycles. The summed E-state index contributed by atoms with van der Waals surface area (Å²) in [5, 5.41) is 4.24. The lowest BCUT2D eigenvalue weighted by molar-refractivity contribution is 0.488. The Balaban J connectivity index is 2.23. The lowest BCUT2D eigenvalue weighted by atomic mass is 10.0. The molecule has 0 aromatic carbocycles. The molecule has 1 saturated heterocycles. The van der Waals surface area contributed by atoms with E-state index < -0.39 is 0 Å². The first-order valence-corrected chi connectivity index (χ1v) is 7.60. The molecule has 1 aliphatic heterocycles. The number of hydrogen-bond donors (Lipinski definition) is 1. The summed E-state index contributed by atoms with van der Waals surface area (Å²) < 4.78 is 2.12. The van der Waals surface area contributed by atoms with Crippen molar-refractivity contribution in [2.45, 2.75) is 39.3 Å². The van der Waals surface area contributed by atoms with Crippen LogP contribution in [-0.4, -0.2) is 28.9 Å². The average Bonchev–Trinajstić information content (AvgIpc) is 2.85. The molecule has 1 aliphatic rings. The van der Waals surface area contributed by atoms with E-state index in [2.05, 4.69) is 25.9 Å². The van der Waals surface area contributed by atoms with Crippen LogP contribution in [0.2, 0.25) is 0 Å². The van der Waals surface area contributed by atoms with Crippen LogP contribution in [0.15, 0.2) is 15.5 Å². The van der Waals surface area contributed by atoms with E-state index in [0.29, 0.717) is 16.9 Å². The van der Waals surface area contributed by atoms with Crippen LogP contribution in [0, 0.1) is 5.92 Å². The lowest BCUT2D eigenvalue weighted by Crippen LogP contribution is -2.31. The van der Waals surface area contributed by atoms with Gasteiger partial charge in [0.05, 0.1) is 11.9 Å². The molecular weight excluding hydrogens is 308 g/mol. The summed E-state index contributed by atoms with van der Waals surface area (Å²) in [5.41, 5.74) is 6.79. The Hall–Kier alpha value is -0.880. The minimum atomic E-state index is -0.0522. The summed E-state index contributed by atoms with van der Waals surface area (Å²) in [4.78, 5) is 14.4. The third-order valence-electron chi connectivity index (χ3n) is 3.71. The fourth-order valence-corrected chi connectivity index (χ4v) is 3.04. The predicted octanol–water partition coefficient (Wildman–Crippen LogP) is 1.59. The van der Waals surface area contributed by atoms with Crippen LogP contribution in [0.3, 0.4) is 0 Å². The Morgan fingerprint density at radius 2 is 2.37 bits per heavy atom. The van der Waals surface area contributed by atoms with Gasteiger partial charge in [-0.15, -0.1) is 0 Å². The zero-order chi connectivity index (χ0) is 14.0. The van der Waals surface area contributed by atoms with Gasteiger partial charge in [0.25, 0.3) is 5.56 Å². The molecule has 6 heteroatoms. The summed E-state index contributed by atoms with van der Waals surface area (Å²) in [6.07, 6.45) is 3.75. The molecule has 1 aromatic heterocycles. The number of aryl methyl sites for hydroxylation is 1. The molecule has 1 fully saturated rings. The van der Waals surface area contributed by atoms with Crippen molar-refractivity contribution < 1.29 is 0 Å². The van der Waals surface area contributed by atoms with Gasteiger partial charge < -0.3 is 10.6 Å². The normalized spacial score (nSPS) is 20.8. The second-order valence-corrected chi connectivity index (χ2v) is 6.02. The van der Waals surface area contributed by atoms with Crippen molar-refractivity contribution in [2.24, 2.45) is 11.7 Å². The van der Waals surface area contributed by atoms with Crippen LogP contribution in [0.1, 0.15) is 26.7 Å². The first-order valence-electron chi connectivity index (χ1n) is 6.80. The van der Waals surface area contributed by atoms with Crippen LogP contribution < -0.4 is 16.2 Å². The molecule has 1 aromatic rings. The molecule has 5 nitrogen and oxygen atoms in total. The van der Waals surface area contributed by atoms with Crippen molar-refractivity contribution in [3.8, 4) is 0 Å². The van der Waals surface area contributed by atoms with Gasteiger partial charge in [-0.25, -0.2) is 4.68 Å². The van der Waals surface area contributed by atoms with E-state index in [1.54, 1.807) is 6.20 Å². The van der Waals surface area contributed by atoms with E-state index in [-0.39, 0.29) is 11.6 Å². The van der Waals surface area contributed by atoms with E-state index in [9.17, 15) is 4.79 Å². The zero-order valence-corrected chi connectivity index (χ0v) is 13.1. The highest BCUT2D eigenvalue weighted by atomic mass is 79.9. The zero-order valence-electron chi connectivity index (χ0n) is 11.5. The molecule has 106 valence electrons. The Bertz CT molecular complexity index is 500. The van der Waals surface area contributed by atoms with Gasteiger partial charge in [0, 0.05) is 25.7 Å². The second-order valence-electron chi connectivity index (χ2n) is 5.23. The van der Waals surface area contributed by atoms with Gasteiger partial charge in [0.15, 0.2) is 0 Å². The van der Waals surface area contributed by atoms with Gasteiger partial charge in [-0.1, -0.05) is 6.92 Å². The molecule has 0 spiro atoms. The van der Waals surface area contributed by atoms with E-state index in [1.807, 2.05) is 13.8 Å². The monoisotopic (exact) mass is 328 g/mol. The topological polar surface area (TPSA) is 64.2 Å². The third-order valence-corrected chi connectivity index (χ3v) is 4.46. The number of aromatic nitrogens is 2. The fourth-order valence-electron chi connectivity index (χ4n) is 2.48. The molecule has 2 N–H and O–H groups in total. The maximum Gasteiger partial charge on any atom is 0.283 e. The van der Waals surface area contributed by atoms with Gasteiger partial charge in [0.1, 0.15) is 4.47 Å². The van der Waals surface area contributed by atoms with Crippen LogP contribution in [0.4, 0.5) is 5.69 Å². The number of nitrogens with two attached hydrogens (primary N) is 1. The molecule has 0 saturated carbocycles. The van der Waals surface area contributed by atoms with Crippen molar-refractivity contribution in [1.29, 1.82) is 0 Å². The average molecular weight is 329 g/mol. The number of anilines is 1. The molecule has 0 bridgehead atoms. The van der Waals surface area contributed by atoms with Gasteiger partial charge in [-0.2, -0.15) is 5.10 Å². The highest BCUT2D eigenvalue weighted by Crippen LogP contribution is 2.28. The van der Waals surface area contributed by atoms with Crippen LogP contribution >= 0.6 is 15.9 Å². The highest BCUT2D eigenvalue weighted by molar-refractivity contribution is 9.10. The summed E-state index contributed by atoms with van der Waals surface area (Å²) in [6, 6.07) is 0.192. The molecular formula is C13H21BrN4O. The first kappa shape index (κ1) is 14.5. The lowest BCUT2D eigenvalue weighted by Gasteiger charge is -2.21. The standard InChI is InChI=1S/C13H21BrN4O/c1-3-5-18-13(19)12(14)11(7-16-18)17-6-4-10(8-17)9(2)15/h7,9-10H,3-6,8,15H2,1-2H3. The molecule has 2 atom stereocenters. The van der Waals surface area contributed by atoms with Crippen LogP contribution in [0.25, 0.3) is 0 Å². The van der Waals surface area contributed by atoms with Gasteiger partial charge in [-0.3, -0.25) is 4.79 Å². The predicted molar refractivity (Wildman–Crippen MR) is 80.5 cm³/mol. The fraction of sp³-hybridized carbons (Fsp3) is 0.692. The molecule has 0 radical (unpaired) electrons. The highest BCUT2D eigenvalue weighted by Gasteiger charge is 2.27. The molecule has 0 aliphatic carbocycles. The Kier molecular flexibility index (Phi) is 4.62. The van der Waals surface area contributed by atoms with Crippen LogP contribution in [0.5, 0.6) is 0 Å². The first-order chi connectivity index (χ1) is 9.04. The number of hydrogen-bond acceptors (Lipinski definition) is 4. The SMILES string of the molecule is CCCn1ncc(N2CCC(C(C)N)C2)c(Br)c1=O. The van der Waals surface area contributed by atoms with Gasteiger partial charge in [0.2, 0.25) is 0 Å². The third kappa shape index (κ3) is 3.00. The molecule has 2 rings (SSSR count). The van der Waals surface area contributed by atoms with Crippen molar-refractivity contribution in [2.75, 3.05) is 18.0 Å². The number of rotatable bonds is 4. The van der Waals surface area contributed by atoms with E-state index in [0.717, 1.165) is 31.6 Å². The summed E-state index contributed by atoms with van der Waals surface area (Å²) in [5.74, 6) is 0.491. The smallest absolute Gasteiger partial charge is 0.283 e. The second kappa shape index (κ2) is 6.05. The van der Waals surface area contributed by atoms with Gasteiger partial charge in [-0.05, 0) is 41.6 Å². The van der Waals surface area contributed by atoms with Gasteiger partial charge >= 0.3 is 0 Å². The number of halogens is 1. The summed E-state index contributed by atoms with van der Waals surface area (Å²) in [7, 11) is 0. The Labute approximate surface area is 121 Å². The summed E-state index contributed by atoms with van der Waals surface area (Å²) in [6.45, 7) is 6.56. The Morgan fingerprint density at radius 3 is 2.95 bits per heavy atom. The minimum absolute atomic E-state index is 0.0522. The van der Waals surface area contributed by atoms with E-state index in [1.165, 1.54) is 4.68 Å². The largest absolute Gasteiger partial charge is 0.369 e.